The van der Waals surface area contributed by atoms with Crippen molar-refractivity contribution in [2.75, 3.05) is 0 Å². The lowest BCUT2D eigenvalue weighted by Gasteiger charge is -2.10. The Morgan fingerprint density at radius 1 is 1.50 bits per heavy atom. The molecule has 0 fully saturated rings. The summed E-state index contributed by atoms with van der Waals surface area (Å²) in [5, 5.41) is 0. The molecule has 0 aromatic carbocycles. The number of hydrogen-bond acceptors (Lipinski definition) is 2. The topological polar surface area (TPSA) is 56.0 Å². The van der Waals surface area contributed by atoms with Gasteiger partial charge >= 0.3 is 6.18 Å². The summed E-state index contributed by atoms with van der Waals surface area (Å²) < 4.78 is 37.0. The molecular formula is C7H4F3IN2O. The molecule has 1 aromatic rings. The van der Waals surface area contributed by atoms with E-state index in [4.69, 9.17) is 5.73 Å². The highest BCUT2D eigenvalue weighted by molar-refractivity contribution is 14.1. The maximum atomic E-state index is 12.3. The fraction of sp³-hybridized carbons (Fsp3) is 0.143. The Bertz CT molecular complexity index is 378. The van der Waals surface area contributed by atoms with Crippen molar-refractivity contribution in [3.05, 3.63) is 27.1 Å². The van der Waals surface area contributed by atoms with Crippen LogP contribution in [0.2, 0.25) is 0 Å². The molecule has 1 aromatic heterocycles. The number of carbonyl (C=O) groups is 1. The van der Waals surface area contributed by atoms with E-state index in [2.05, 4.69) is 4.98 Å². The van der Waals surface area contributed by atoms with Crippen molar-refractivity contribution in [3.63, 3.8) is 0 Å². The molecule has 14 heavy (non-hydrogen) atoms. The summed E-state index contributed by atoms with van der Waals surface area (Å²) in [6.07, 6.45) is -3.61. The van der Waals surface area contributed by atoms with Gasteiger partial charge in [-0.15, -0.1) is 0 Å². The summed E-state index contributed by atoms with van der Waals surface area (Å²) in [5.74, 6) is -1.13. The Balaban J connectivity index is 3.44. The van der Waals surface area contributed by atoms with Crippen LogP contribution >= 0.6 is 22.6 Å². The fourth-order valence-corrected chi connectivity index (χ4v) is 1.62. The molecule has 0 spiro atoms. The molecule has 1 amide bonds. The number of halogens is 4. The molecule has 0 aliphatic carbocycles. The van der Waals surface area contributed by atoms with Crippen molar-refractivity contribution in [2.24, 2.45) is 5.73 Å². The van der Waals surface area contributed by atoms with Crippen LogP contribution in [0.3, 0.4) is 0 Å². The first-order chi connectivity index (χ1) is 6.34. The van der Waals surface area contributed by atoms with Gasteiger partial charge < -0.3 is 5.73 Å². The standard InChI is InChI=1S/C7H4F3IN2O/c8-7(9,10)3-1-2-13-5(11)4(3)6(12)14/h1-2H,(H2,12,14). The summed E-state index contributed by atoms with van der Waals surface area (Å²) in [5.41, 5.74) is 3.19. The van der Waals surface area contributed by atoms with Crippen LogP contribution in [0.15, 0.2) is 12.3 Å². The number of alkyl halides is 3. The van der Waals surface area contributed by atoms with E-state index < -0.39 is 23.2 Å². The highest BCUT2D eigenvalue weighted by atomic mass is 127. The molecule has 1 rings (SSSR count). The van der Waals surface area contributed by atoms with Crippen molar-refractivity contribution in [3.8, 4) is 0 Å². The largest absolute Gasteiger partial charge is 0.417 e. The maximum absolute atomic E-state index is 12.3. The fourth-order valence-electron chi connectivity index (χ4n) is 0.907. The Morgan fingerprint density at radius 2 is 2.07 bits per heavy atom. The van der Waals surface area contributed by atoms with Crippen LogP contribution < -0.4 is 5.73 Å². The third kappa shape index (κ3) is 2.14. The Kier molecular flexibility index (Phi) is 2.98. The van der Waals surface area contributed by atoms with Gasteiger partial charge in [0.25, 0.3) is 5.91 Å². The Morgan fingerprint density at radius 3 is 2.43 bits per heavy atom. The number of nitrogens with two attached hydrogens (primary N) is 1. The second-order valence-electron chi connectivity index (χ2n) is 2.39. The molecule has 76 valence electrons. The van der Waals surface area contributed by atoms with Crippen molar-refractivity contribution >= 4 is 28.5 Å². The van der Waals surface area contributed by atoms with Crippen LogP contribution in [-0.2, 0) is 6.18 Å². The molecule has 0 saturated carbocycles. The smallest absolute Gasteiger partial charge is 0.366 e. The second-order valence-corrected chi connectivity index (χ2v) is 3.41. The molecule has 0 unspecified atom stereocenters. The van der Waals surface area contributed by atoms with Gasteiger partial charge in [-0.2, -0.15) is 13.2 Å². The highest BCUT2D eigenvalue weighted by Gasteiger charge is 2.35. The number of carbonyl (C=O) groups excluding carboxylic acids is 1. The van der Waals surface area contributed by atoms with Crippen molar-refractivity contribution in [2.45, 2.75) is 6.18 Å². The highest BCUT2D eigenvalue weighted by Crippen LogP contribution is 2.32. The van der Waals surface area contributed by atoms with Gasteiger partial charge in [-0.1, -0.05) is 0 Å². The second kappa shape index (κ2) is 3.71. The molecule has 7 heteroatoms. The number of hydrogen-bond donors (Lipinski definition) is 1. The number of rotatable bonds is 1. The van der Waals surface area contributed by atoms with Gasteiger partial charge in [0.1, 0.15) is 3.70 Å². The van der Waals surface area contributed by atoms with E-state index in [-0.39, 0.29) is 3.70 Å². The number of primary amides is 1. The van der Waals surface area contributed by atoms with Gasteiger partial charge in [-0.25, -0.2) is 4.98 Å². The van der Waals surface area contributed by atoms with Crippen molar-refractivity contribution < 1.29 is 18.0 Å². The van der Waals surface area contributed by atoms with Gasteiger partial charge in [0.15, 0.2) is 0 Å². The van der Waals surface area contributed by atoms with Crippen molar-refractivity contribution in [1.82, 2.24) is 4.98 Å². The quantitative estimate of drug-likeness (QED) is 0.634. The molecule has 0 atom stereocenters. The third-order valence-corrected chi connectivity index (χ3v) is 2.27. The lowest BCUT2D eigenvalue weighted by Crippen LogP contribution is -2.21. The van der Waals surface area contributed by atoms with Gasteiger partial charge in [-0.05, 0) is 28.7 Å². The first-order valence-electron chi connectivity index (χ1n) is 3.35. The zero-order valence-electron chi connectivity index (χ0n) is 6.60. The predicted molar refractivity (Wildman–Crippen MR) is 50.5 cm³/mol. The average molecular weight is 316 g/mol. The predicted octanol–water partition coefficient (Wildman–Crippen LogP) is 1.80. The SMILES string of the molecule is NC(=O)c1c(C(F)(F)F)ccnc1I. The molecule has 0 aliphatic rings. The van der Waals surface area contributed by atoms with Gasteiger partial charge in [-0.3, -0.25) is 4.79 Å². The van der Waals surface area contributed by atoms with E-state index in [0.717, 1.165) is 12.3 Å². The van der Waals surface area contributed by atoms with Crippen LogP contribution in [0.4, 0.5) is 13.2 Å². The molecule has 0 saturated heterocycles. The lowest BCUT2D eigenvalue weighted by atomic mass is 10.1. The Labute approximate surface area is 90.6 Å². The number of nitrogens with zero attached hydrogens (tertiary/aromatic N) is 1. The first-order valence-corrected chi connectivity index (χ1v) is 4.43. The molecule has 3 nitrogen and oxygen atoms in total. The number of aromatic nitrogens is 1. The van der Waals surface area contributed by atoms with E-state index in [1.54, 1.807) is 0 Å². The van der Waals surface area contributed by atoms with Gasteiger partial charge in [0.05, 0.1) is 11.1 Å². The third-order valence-electron chi connectivity index (χ3n) is 1.46. The monoisotopic (exact) mass is 316 g/mol. The van der Waals surface area contributed by atoms with Crippen LogP contribution in [-0.4, -0.2) is 10.9 Å². The summed E-state index contributed by atoms with van der Waals surface area (Å²) in [6, 6.07) is 0.724. The zero-order valence-corrected chi connectivity index (χ0v) is 8.76. The number of pyridine rings is 1. The van der Waals surface area contributed by atoms with E-state index in [0.29, 0.717) is 0 Å². The molecule has 1 heterocycles. The van der Waals surface area contributed by atoms with Crippen LogP contribution in [0.1, 0.15) is 15.9 Å². The number of amides is 1. The normalized spacial score (nSPS) is 11.4. The minimum Gasteiger partial charge on any atom is -0.366 e. The van der Waals surface area contributed by atoms with Gasteiger partial charge in [0, 0.05) is 6.20 Å². The summed E-state index contributed by atoms with van der Waals surface area (Å²) in [4.78, 5) is 14.3. The molecular weight excluding hydrogens is 312 g/mol. The van der Waals surface area contributed by atoms with Gasteiger partial charge in [0.2, 0.25) is 0 Å². The Hall–Kier alpha value is -0.860. The van der Waals surface area contributed by atoms with Crippen LogP contribution in [0.5, 0.6) is 0 Å². The minimum absolute atomic E-state index is 0.0510. The summed E-state index contributed by atoms with van der Waals surface area (Å²) in [7, 11) is 0. The molecule has 2 N–H and O–H groups in total. The minimum atomic E-state index is -4.59. The molecule has 0 bridgehead atoms. The molecule has 0 aliphatic heterocycles. The zero-order chi connectivity index (χ0) is 10.9. The van der Waals surface area contributed by atoms with E-state index in [1.807, 2.05) is 0 Å². The average Bonchev–Trinajstić information content (AvgIpc) is 2.01. The first kappa shape index (κ1) is 11.2. The van der Waals surface area contributed by atoms with Crippen molar-refractivity contribution in [1.29, 1.82) is 0 Å². The lowest BCUT2D eigenvalue weighted by molar-refractivity contribution is -0.138. The van der Waals surface area contributed by atoms with Crippen LogP contribution in [0, 0.1) is 3.70 Å². The van der Waals surface area contributed by atoms with E-state index in [9.17, 15) is 18.0 Å². The van der Waals surface area contributed by atoms with E-state index in [1.165, 1.54) is 22.6 Å². The van der Waals surface area contributed by atoms with Crippen LogP contribution in [0.25, 0.3) is 0 Å². The maximum Gasteiger partial charge on any atom is 0.417 e. The van der Waals surface area contributed by atoms with E-state index >= 15 is 0 Å². The molecule has 0 radical (unpaired) electrons. The summed E-state index contributed by atoms with van der Waals surface area (Å²) in [6.45, 7) is 0. The summed E-state index contributed by atoms with van der Waals surface area (Å²) >= 11 is 1.53.